The van der Waals surface area contributed by atoms with Crippen molar-refractivity contribution in [2.45, 2.75) is 31.9 Å². The van der Waals surface area contributed by atoms with Gasteiger partial charge in [0.1, 0.15) is 11.3 Å². The molecule has 0 aliphatic carbocycles. The number of likely N-dealkylation sites (tertiary alicyclic amines) is 1. The van der Waals surface area contributed by atoms with Crippen LogP contribution in [-0.4, -0.2) is 62.5 Å². The van der Waals surface area contributed by atoms with Crippen LogP contribution in [-0.2, 0) is 14.8 Å². The number of hydrogen-bond acceptors (Lipinski definition) is 6. The lowest BCUT2D eigenvalue weighted by Crippen LogP contribution is -2.61. The van der Waals surface area contributed by atoms with Crippen LogP contribution in [0.5, 0.6) is 0 Å². The first-order valence-electron chi connectivity index (χ1n) is 7.64. The predicted octanol–water partition coefficient (Wildman–Crippen LogP) is 0.152. The Morgan fingerprint density at radius 1 is 1.43 bits per heavy atom. The monoisotopic (exact) mass is 343 g/mol. The van der Waals surface area contributed by atoms with E-state index < -0.39 is 16.1 Å². The molecule has 1 N–H and O–H groups in total. The average Bonchev–Trinajstić information content (AvgIpc) is 2.91. The van der Waals surface area contributed by atoms with Gasteiger partial charge < -0.3 is 14.2 Å². The minimum absolute atomic E-state index is 0.126. The second-order valence-electron chi connectivity index (χ2n) is 6.24. The molecule has 128 valence electrons. The van der Waals surface area contributed by atoms with Crippen LogP contribution in [0.2, 0.25) is 0 Å². The van der Waals surface area contributed by atoms with E-state index in [9.17, 15) is 13.2 Å². The third-order valence-electron chi connectivity index (χ3n) is 4.40. The summed E-state index contributed by atoms with van der Waals surface area (Å²) in [4.78, 5) is 14.3. The van der Waals surface area contributed by atoms with E-state index in [0.29, 0.717) is 24.5 Å². The number of hydrogen-bond donors (Lipinski definition) is 1. The lowest BCUT2D eigenvalue weighted by atomic mass is 9.85. The summed E-state index contributed by atoms with van der Waals surface area (Å²) in [6.45, 7) is 3.14. The number of nitrogens with zero attached hydrogens (tertiary/aromatic N) is 2. The maximum absolute atomic E-state index is 12.7. The van der Waals surface area contributed by atoms with Crippen LogP contribution in [0, 0.1) is 12.8 Å². The van der Waals surface area contributed by atoms with Crippen LogP contribution in [0.25, 0.3) is 0 Å². The van der Waals surface area contributed by atoms with Crippen molar-refractivity contribution in [3.8, 4) is 0 Å². The van der Waals surface area contributed by atoms with Crippen LogP contribution in [0.4, 0.5) is 0 Å². The van der Waals surface area contributed by atoms with Gasteiger partial charge in [0.2, 0.25) is 10.0 Å². The molecule has 2 fully saturated rings. The highest BCUT2D eigenvalue weighted by Gasteiger charge is 2.42. The highest BCUT2D eigenvalue weighted by molar-refractivity contribution is 7.88. The van der Waals surface area contributed by atoms with E-state index in [0.717, 1.165) is 19.1 Å². The Balaban J connectivity index is 1.82. The van der Waals surface area contributed by atoms with Crippen molar-refractivity contribution in [1.82, 2.24) is 14.8 Å². The third kappa shape index (κ3) is 3.56. The zero-order chi connectivity index (χ0) is 16.6. The molecule has 2 aliphatic heterocycles. The van der Waals surface area contributed by atoms with Gasteiger partial charge in [0.15, 0.2) is 0 Å². The lowest BCUT2D eigenvalue weighted by Gasteiger charge is -2.45. The van der Waals surface area contributed by atoms with Gasteiger partial charge in [-0.2, -0.15) is 0 Å². The number of amides is 1. The molecule has 1 aromatic heterocycles. The van der Waals surface area contributed by atoms with Crippen LogP contribution >= 0.6 is 0 Å². The predicted molar refractivity (Wildman–Crippen MR) is 81.4 cm³/mol. The number of rotatable bonds is 3. The summed E-state index contributed by atoms with van der Waals surface area (Å²) in [6.07, 6.45) is 4.17. The van der Waals surface area contributed by atoms with Crippen LogP contribution in [0.15, 0.2) is 10.7 Å². The lowest BCUT2D eigenvalue weighted by molar-refractivity contribution is -0.0749. The summed E-state index contributed by atoms with van der Waals surface area (Å²) in [5.74, 6) is 0.401. The Morgan fingerprint density at radius 2 is 2.22 bits per heavy atom. The van der Waals surface area contributed by atoms with Crippen molar-refractivity contribution >= 4 is 15.9 Å². The fourth-order valence-corrected chi connectivity index (χ4v) is 4.18. The Bertz CT molecular complexity index is 686. The largest absolute Gasteiger partial charge is 0.376 e. The van der Waals surface area contributed by atoms with E-state index in [-0.39, 0.29) is 24.5 Å². The Hall–Kier alpha value is -1.45. The van der Waals surface area contributed by atoms with E-state index in [2.05, 4.69) is 9.88 Å². The molecule has 2 aliphatic rings. The molecule has 0 radical (unpaired) electrons. The number of aromatic nitrogens is 1. The molecule has 3 heterocycles. The topological polar surface area (TPSA) is 102 Å². The molecule has 9 heteroatoms. The number of fused-ring (bicyclic) bond motifs is 1. The minimum Gasteiger partial charge on any atom is -0.376 e. The van der Waals surface area contributed by atoms with Crippen molar-refractivity contribution in [2.75, 3.05) is 26.0 Å². The summed E-state index contributed by atoms with van der Waals surface area (Å²) in [6, 6.07) is -0.437. The number of nitrogens with one attached hydrogen (secondary N) is 1. The number of aryl methyl sites for hydroxylation is 1. The molecule has 0 aromatic carbocycles. The normalized spacial score (nSPS) is 28.4. The smallest absolute Gasteiger partial charge is 0.259 e. The van der Waals surface area contributed by atoms with Gasteiger partial charge in [0.25, 0.3) is 5.91 Å². The molecular weight excluding hydrogens is 322 g/mol. The first-order chi connectivity index (χ1) is 10.8. The summed E-state index contributed by atoms with van der Waals surface area (Å²) < 4.78 is 36.6. The molecule has 3 atom stereocenters. The number of carbonyl (C=O) groups is 1. The fourth-order valence-electron chi connectivity index (χ4n) is 3.42. The van der Waals surface area contributed by atoms with E-state index in [1.54, 1.807) is 11.8 Å². The number of sulfonamides is 1. The summed E-state index contributed by atoms with van der Waals surface area (Å²) >= 11 is 0. The highest BCUT2D eigenvalue weighted by Crippen LogP contribution is 2.30. The SMILES string of the molecule is Cc1oncc1C(=O)N1C[C@@H]2CCCO[C@@H]2[C@H](NS(C)(=O)=O)C1. The molecule has 0 saturated carbocycles. The second-order valence-corrected chi connectivity index (χ2v) is 8.02. The maximum Gasteiger partial charge on any atom is 0.259 e. The quantitative estimate of drug-likeness (QED) is 0.838. The maximum atomic E-state index is 12.7. The zero-order valence-electron chi connectivity index (χ0n) is 13.2. The minimum atomic E-state index is -3.38. The molecule has 0 unspecified atom stereocenters. The molecule has 1 aromatic rings. The van der Waals surface area contributed by atoms with E-state index in [1.807, 2.05) is 0 Å². The zero-order valence-corrected chi connectivity index (χ0v) is 14.0. The second kappa shape index (κ2) is 6.21. The van der Waals surface area contributed by atoms with Gasteiger partial charge in [-0.1, -0.05) is 5.16 Å². The number of carbonyl (C=O) groups excluding carboxylic acids is 1. The van der Waals surface area contributed by atoms with Gasteiger partial charge in [-0.3, -0.25) is 4.79 Å². The Morgan fingerprint density at radius 3 is 2.87 bits per heavy atom. The van der Waals surface area contributed by atoms with Crippen LogP contribution in [0.1, 0.15) is 29.0 Å². The molecular formula is C14H21N3O5S. The Kier molecular flexibility index (Phi) is 4.43. The molecule has 0 bridgehead atoms. The first kappa shape index (κ1) is 16.4. The summed E-state index contributed by atoms with van der Waals surface area (Å²) in [5.41, 5.74) is 0.415. The van der Waals surface area contributed by atoms with Gasteiger partial charge >= 0.3 is 0 Å². The van der Waals surface area contributed by atoms with Crippen molar-refractivity contribution in [2.24, 2.45) is 5.92 Å². The molecule has 23 heavy (non-hydrogen) atoms. The molecule has 3 rings (SSSR count). The number of piperidine rings is 1. The van der Waals surface area contributed by atoms with Crippen molar-refractivity contribution in [1.29, 1.82) is 0 Å². The average molecular weight is 343 g/mol. The highest BCUT2D eigenvalue weighted by atomic mass is 32.2. The molecule has 1 amide bonds. The number of ether oxygens (including phenoxy) is 1. The van der Waals surface area contributed by atoms with Gasteiger partial charge in [-0.25, -0.2) is 13.1 Å². The van der Waals surface area contributed by atoms with E-state index >= 15 is 0 Å². The fraction of sp³-hybridized carbons (Fsp3) is 0.714. The molecule has 8 nitrogen and oxygen atoms in total. The summed E-state index contributed by atoms with van der Waals surface area (Å²) in [7, 11) is -3.38. The van der Waals surface area contributed by atoms with Gasteiger partial charge in [0.05, 0.1) is 24.6 Å². The van der Waals surface area contributed by atoms with Crippen molar-refractivity contribution in [3.63, 3.8) is 0 Å². The van der Waals surface area contributed by atoms with Crippen LogP contribution < -0.4 is 4.72 Å². The Labute approximate surface area is 135 Å². The van der Waals surface area contributed by atoms with Crippen molar-refractivity contribution in [3.05, 3.63) is 17.5 Å². The first-order valence-corrected chi connectivity index (χ1v) is 9.54. The van der Waals surface area contributed by atoms with Gasteiger partial charge in [0, 0.05) is 25.6 Å². The van der Waals surface area contributed by atoms with E-state index in [4.69, 9.17) is 9.26 Å². The molecule has 0 spiro atoms. The molecule has 2 saturated heterocycles. The summed E-state index contributed by atoms with van der Waals surface area (Å²) in [5, 5.41) is 3.64. The van der Waals surface area contributed by atoms with Gasteiger partial charge in [-0.05, 0) is 19.8 Å². The van der Waals surface area contributed by atoms with Gasteiger partial charge in [-0.15, -0.1) is 0 Å². The third-order valence-corrected chi connectivity index (χ3v) is 5.13. The standard InChI is InChI=1S/C14H21N3O5S/c1-9-11(6-15-22-9)14(18)17-7-10-4-3-5-21-13(10)12(8-17)16-23(2,19)20/h6,10,12-13,16H,3-5,7-8H2,1-2H3/t10-,12+,13-/m0/s1. The van der Waals surface area contributed by atoms with E-state index in [1.165, 1.54) is 6.20 Å². The van der Waals surface area contributed by atoms with Crippen LogP contribution in [0.3, 0.4) is 0 Å². The van der Waals surface area contributed by atoms with Crippen molar-refractivity contribution < 1.29 is 22.5 Å².